The van der Waals surface area contributed by atoms with Crippen molar-refractivity contribution < 1.29 is 9.84 Å². The molecule has 0 heterocycles. The van der Waals surface area contributed by atoms with E-state index in [2.05, 4.69) is 0 Å². The zero-order chi connectivity index (χ0) is 15.5. The summed E-state index contributed by atoms with van der Waals surface area (Å²) in [5, 5.41) is 11.0. The van der Waals surface area contributed by atoms with Gasteiger partial charge in [-0.1, -0.05) is 53.5 Å². The maximum Gasteiger partial charge on any atom is 0.0841 e. The molecule has 0 atom stereocenters. The van der Waals surface area contributed by atoms with Crippen molar-refractivity contribution in [3.8, 4) is 0 Å². The minimum absolute atomic E-state index is 0.332. The van der Waals surface area contributed by atoms with Crippen LogP contribution in [0.2, 0.25) is 10.0 Å². The van der Waals surface area contributed by atoms with Gasteiger partial charge >= 0.3 is 0 Å². The first kappa shape index (κ1) is 16.3. The number of hydrogen-bond donors (Lipinski definition) is 1. The average Bonchev–Trinajstić information content (AvgIpc) is 2.42. The second kappa shape index (κ2) is 6.80. The van der Waals surface area contributed by atoms with E-state index in [4.69, 9.17) is 27.9 Å². The standard InChI is InChI=1S/C17H18Cl2O2/c1-17(2,20)13-8-15(18)14(16(19)9-13)11-21-10-12-6-4-3-5-7-12/h3-9,20H,10-11H2,1-2H3. The molecule has 0 aliphatic rings. The van der Waals surface area contributed by atoms with Gasteiger partial charge in [0.15, 0.2) is 0 Å². The molecule has 21 heavy (non-hydrogen) atoms. The Bertz CT molecular complexity index is 581. The Kier molecular flexibility index (Phi) is 5.28. The topological polar surface area (TPSA) is 29.5 Å². The van der Waals surface area contributed by atoms with Gasteiger partial charge in [-0.15, -0.1) is 0 Å². The monoisotopic (exact) mass is 324 g/mol. The lowest BCUT2D eigenvalue weighted by atomic mass is 9.97. The van der Waals surface area contributed by atoms with Crippen LogP contribution in [0, 0.1) is 0 Å². The summed E-state index contributed by atoms with van der Waals surface area (Å²) < 4.78 is 5.66. The molecule has 4 heteroatoms. The fourth-order valence-corrected chi connectivity index (χ4v) is 2.54. The number of benzene rings is 2. The summed E-state index contributed by atoms with van der Waals surface area (Å²) in [4.78, 5) is 0. The molecular weight excluding hydrogens is 307 g/mol. The number of aliphatic hydroxyl groups is 1. The van der Waals surface area contributed by atoms with Crippen LogP contribution in [0.4, 0.5) is 0 Å². The Morgan fingerprint density at radius 3 is 2.10 bits per heavy atom. The zero-order valence-electron chi connectivity index (χ0n) is 12.1. The second-order valence-corrected chi connectivity index (χ2v) is 6.27. The van der Waals surface area contributed by atoms with Crippen LogP contribution in [-0.4, -0.2) is 5.11 Å². The summed E-state index contributed by atoms with van der Waals surface area (Å²) in [6.07, 6.45) is 0. The highest BCUT2D eigenvalue weighted by Crippen LogP contribution is 2.32. The normalized spacial score (nSPS) is 11.7. The van der Waals surface area contributed by atoms with Gasteiger partial charge in [0.05, 0.1) is 18.8 Å². The fourth-order valence-electron chi connectivity index (χ4n) is 1.94. The Hall–Kier alpha value is -1.06. The Balaban J connectivity index is 2.07. The van der Waals surface area contributed by atoms with Crippen LogP contribution >= 0.6 is 23.2 Å². The van der Waals surface area contributed by atoms with Crippen molar-refractivity contribution in [3.63, 3.8) is 0 Å². The van der Waals surface area contributed by atoms with Crippen LogP contribution in [-0.2, 0) is 23.6 Å². The molecule has 1 N–H and O–H groups in total. The fraction of sp³-hybridized carbons (Fsp3) is 0.294. The smallest absolute Gasteiger partial charge is 0.0841 e. The summed E-state index contributed by atoms with van der Waals surface area (Å²) in [5.41, 5.74) is 1.54. The van der Waals surface area contributed by atoms with Crippen LogP contribution in [0.1, 0.15) is 30.5 Å². The highest BCUT2D eigenvalue weighted by Gasteiger charge is 2.19. The van der Waals surface area contributed by atoms with E-state index in [0.717, 1.165) is 11.1 Å². The lowest BCUT2D eigenvalue weighted by Crippen LogP contribution is -2.15. The van der Waals surface area contributed by atoms with Crippen molar-refractivity contribution in [1.29, 1.82) is 0 Å². The van der Waals surface area contributed by atoms with E-state index in [9.17, 15) is 5.11 Å². The van der Waals surface area contributed by atoms with E-state index in [1.165, 1.54) is 0 Å². The van der Waals surface area contributed by atoms with Gasteiger partial charge in [0.2, 0.25) is 0 Å². The Morgan fingerprint density at radius 1 is 1.00 bits per heavy atom. The van der Waals surface area contributed by atoms with Crippen molar-refractivity contribution in [3.05, 3.63) is 69.2 Å². The molecule has 112 valence electrons. The van der Waals surface area contributed by atoms with Crippen LogP contribution in [0.15, 0.2) is 42.5 Å². The maximum absolute atomic E-state index is 10.0. The largest absolute Gasteiger partial charge is 0.386 e. The Labute approximate surface area is 135 Å². The van der Waals surface area contributed by atoms with Gasteiger partial charge in [-0.3, -0.25) is 0 Å². The predicted molar refractivity (Wildman–Crippen MR) is 86.6 cm³/mol. The van der Waals surface area contributed by atoms with E-state index in [1.54, 1.807) is 26.0 Å². The second-order valence-electron chi connectivity index (χ2n) is 5.46. The number of halogens is 2. The summed E-state index contributed by atoms with van der Waals surface area (Å²) in [6, 6.07) is 13.4. The molecule has 2 rings (SSSR count). The molecule has 0 aliphatic carbocycles. The third kappa shape index (κ3) is 4.45. The average molecular weight is 325 g/mol. The lowest BCUT2D eigenvalue weighted by Gasteiger charge is -2.20. The van der Waals surface area contributed by atoms with E-state index >= 15 is 0 Å². The van der Waals surface area contributed by atoms with Crippen LogP contribution in [0.3, 0.4) is 0 Å². The van der Waals surface area contributed by atoms with Gasteiger partial charge in [0.1, 0.15) is 0 Å². The third-order valence-electron chi connectivity index (χ3n) is 3.21. The van der Waals surface area contributed by atoms with E-state index < -0.39 is 5.60 Å². The summed E-state index contributed by atoms with van der Waals surface area (Å²) in [6.45, 7) is 4.22. The van der Waals surface area contributed by atoms with Gasteiger partial charge in [0, 0.05) is 15.6 Å². The van der Waals surface area contributed by atoms with Gasteiger partial charge in [-0.05, 0) is 37.1 Å². The number of hydrogen-bond acceptors (Lipinski definition) is 2. The van der Waals surface area contributed by atoms with Crippen molar-refractivity contribution in [2.75, 3.05) is 0 Å². The third-order valence-corrected chi connectivity index (χ3v) is 3.88. The number of ether oxygens (including phenoxy) is 1. The van der Waals surface area contributed by atoms with Gasteiger partial charge in [0.25, 0.3) is 0 Å². The molecule has 0 aliphatic heterocycles. The van der Waals surface area contributed by atoms with Crippen molar-refractivity contribution in [2.45, 2.75) is 32.7 Å². The number of rotatable bonds is 5. The lowest BCUT2D eigenvalue weighted by molar-refractivity contribution is 0.0783. The summed E-state index contributed by atoms with van der Waals surface area (Å²) in [5.74, 6) is 0. The molecule has 0 unspecified atom stereocenters. The summed E-state index contributed by atoms with van der Waals surface area (Å²) >= 11 is 12.5. The van der Waals surface area contributed by atoms with Crippen molar-refractivity contribution in [1.82, 2.24) is 0 Å². The van der Waals surface area contributed by atoms with Crippen LogP contribution in [0.5, 0.6) is 0 Å². The highest BCUT2D eigenvalue weighted by atomic mass is 35.5. The molecule has 0 radical (unpaired) electrons. The molecule has 0 bridgehead atoms. The molecule has 0 fully saturated rings. The minimum atomic E-state index is -0.975. The molecule has 0 spiro atoms. The van der Waals surface area contributed by atoms with E-state index in [-0.39, 0.29) is 0 Å². The first-order valence-electron chi connectivity index (χ1n) is 6.70. The predicted octanol–water partition coefficient (Wildman–Crippen LogP) is 4.94. The molecule has 0 saturated carbocycles. The SMILES string of the molecule is CC(C)(O)c1cc(Cl)c(COCc2ccccc2)c(Cl)c1. The Morgan fingerprint density at radius 2 is 1.57 bits per heavy atom. The van der Waals surface area contributed by atoms with Gasteiger partial charge in [-0.2, -0.15) is 0 Å². The quantitative estimate of drug-likeness (QED) is 0.844. The molecule has 2 aromatic carbocycles. The van der Waals surface area contributed by atoms with E-state index in [0.29, 0.717) is 28.8 Å². The van der Waals surface area contributed by atoms with Crippen LogP contribution in [0.25, 0.3) is 0 Å². The van der Waals surface area contributed by atoms with E-state index in [1.807, 2.05) is 30.3 Å². The molecule has 2 aromatic rings. The van der Waals surface area contributed by atoms with Crippen molar-refractivity contribution in [2.24, 2.45) is 0 Å². The summed E-state index contributed by atoms with van der Waals surface area (Å²) in [7, 11) is 0. The molecular formula is C17H18Cl2O2. The van der Waals surface area contributed by atoms with Crippen molar-refractivity contribution >= 4 is 23.2 Å². The minimum Gasteiger partial charge on any atom is -0.386 e. The van der Waals surface area contributed by atoms with Gasteiger partial charge in [-0.25, -0.2) is 0 Å². The van der Waals surface area contributed by atoms with Crippen LogP contribution < -0.4 is 0 Å². The van der Waals surface area contributed by atoms with Gasteiger partial charge < -0.3 is 9.84 Å². The first-order chi connectivity index (χ1) is 9.88. The molecule has 0 aromatic heterocycles. The maximum atomic E-state index is 10.0. The molecule has 0 amide bonds. The zero-order valence-corrected chi connectivity index (χ0v) is 13.6. The first-order valence-corrected chi connectivity index (χ1v) is 7.46. The highest BCUT2D eigenvalue weighted by molar-refractivity contribution is 6.36. The molecule has 0 saturated heterocycles. The molecule has 2 nitrogen and oxygen atoms in total.